The van der Waals surface area contributed by atoms with Gasteiger partial charge in [0.15, 0.2) is 4.77 Å². The molecule has 0 bridgehead atoms. The maximum absolute atomic E-state index is 5.31. The molecule has 0 radical (unpaired) electrons. The molecular formula is C11H17N3S. The highest BCUT2D eigenvalue weighted by molar-refractivity contribution is 7.71. The molecule has 0 amide bonds. The van der Waals surface area contributed by atoms with E-state index in [1.165, 1.54) is 37.9 Å². The lowest BCUT2D eigenvalue weighted by Crippen LogP contribution is -2.13. The van der Waals surface area contributed by atoms with E-state index in [-0.39, 0.29) is 0 Å². The summed E-state index contributed by atoms with van der Waals surface area (Å²) in [4.78, 5) is 0. The highest BCUT2D eigenvalue weighted by Crippen LogP contribution is 2.51. The molecule has 0 saturated heterocycles. The van der Waals surface area contributed by atoms with E-state index in [9.17, 15) is 0 Å². The van der Waals surface area contributed by atoms with E-state index in [4.69, 9.17) is 12.2 Å². The zero-order valence-electron chi connectivity index (χ0n) is 9.12. The number of hydrogen-bond acceptors (Lipinski definition) is 2. The predicted octanol–water partition coefficient (Wildman–Crippen LogP) is 3.01. The maximum atomic E-state index is 5.31. The standard InChI is InChI=1S/C11H17N3S/c1-2-11(5-6-11)7-14-9(8-3-4-8)12-13-10(14)15/h8H,2-7H2,1H3,(H,13,15). The minimum atomic E-state index is 0.547. The molecule has 2 aliphatic carbocycles. The molecule has 2 fully saturated rings. The summed E-state index contributed by atoms with van der Waals surface area (Å²) in [6.07, 6.45) is 6.57. The van der Waals surface area contributed by atoms with Crippen LogP contribution in [-0.4, -0.2) is 14.8 Å². The van der Waals surface area contributed by atoms with Crippen molar-refractivity contribution in [2.24, 2.45) is 5.41 Å². The van der Waals surface area contributed by atoms with Crippen molar-refractivity contribution in [2.45, 2.75) is 51.5 Å². The summed E-state index contributed by atoms with van der Waals surface area (Å²) in [5, 5.41) is 7.32. The highest BCUT2D eigenvalue weighted by Gasteiger charge is 2.42. The van der Waals surface area contributed by atoms with E-state index in [2.05, 4.69) is 21.7 Å². The molecule has 0 aliphatic heterocycles. The molecule has 2 saturated carbocycles. The number of aromatic amines is 1. The molecule has 2 aliphatic rings. The van der Waals surface area contributed by atoms with Crippen LogP contribution in [-0.2, 0) is 6.54 Å². The largest absolute Gasteiger partial charge is 0.303 e. The van der Waals surface area contributed by atoms with E-state index in [0.717, 1.165) is 11.3 Å². The first-order chi connectivity index (χ1) is 7.24. The fourth-order valence-corrected chi connectivity index (χ4v) is 2.48. The third kappa shape index (κ3) is 1.65. The monoisotopic (exact) mass is 223 g/mol. The van der Waals surface area contributed by atoms with Gasteiger partial charge < -0.3 is 4.57 Å². The summed E-state index contributed by atoms with van der Waals surface area (Å²) in [6, 6.07) is 0. The van der Waals surface area contributed by atoms with Crippen LogP contribution < -0.4 is 0 Å². The molecule has 1 aromatic heterocycles. The van der Waals surface area contributed by atoms with E-state index < -0.39 is 0 Å². The van der Waals surface area contributed by atoms with Crippen molar-refractivity contribution in [1.29, 1.82) is 0 Å². The zero-order chi connectivity index (χ0) is 10.5. The van der Waals surface area contributed by atoms with Crippen molar-refractivity contribution in [3.8, 4) is 0 Å². The van der Waals surface area contributed by atoms with E-state index >= 15 is 0 Å². The molecule has 15 heavy (non-hydrogen) atoms. The first kappa shape index (κ1) is 9.58. The van der Waals surface area contributed by atoms with Gasteiger partial charge in [-0.05, 0) is 49.7 Å². The molecular weight excluding hydrogens is 206 g/mol. The SMILES string of the molecule is CCC1(Cn2c(C3CC3)n[nH]c2=S)CC1. The van der Waals surface area contributed by atoms with E-state index in [1.807, 2.05) is 0 Å². The Morgan fingerprint density at radius 1 is 1.53 bits per heavy atom. The van der Waals surface area contributed by atoms with Gasteiger partial charge in [0.2, 0.25) is 0 Å². The van der Waals surface area contributed by atoms with Gasteiger partial charge in [-0.25, -0.2) is 0 Å². The summed E-state index contributed by atoms with van der Waals surface area (Å²) < 4.78 is 3.07. The van der Waals surface area contributed by atoms with Crippen LogP contribution in [0.25, 0.3) is 0 Å². The molecule has 1 aromatic rings. The lowest BCUT2D eigenvalue weighted by molar-refractivity contribution is 0.398. The minimum absolute atomic E-state index is 0.547. The van der Waals surface area contributed by atoms with Crippen LogP contribution in [0.2, 0.25) is 0 Å². The van der Waals surface area contributed by atoms with E-state index in [1.54, 1.807) is 0 Å². The van der Waals surface area contributed by atoms with Crippen molar-refractivity contribution in [3.05, 3.63) is 10.6 Å². The van der Waals surface area contributed by atoms with Crippen LogP contribution in [0.5, 0.6) is 0 Å². The van der Waals surface area contributed by atoms with Gasteiger partial charge in [-0.3, -0.25) is 5.10 Å². The smallest absolute Gasteiger partial charge is 0.195 e. The second-order valence-corrected chi connectivity index (χ2v) is 5.49. The van der Waals surface area contributed by atoms with Crippen molar-refractivity contribution in [1.82, 2.24) is 14.8 Å². The molecule has 82 valence electrons. The topological polar surface area (TPSA) is 33.6 Å². The lowest BCUT2D eigenvalue weighted by Gasteiger charge is -2.14. The summed E-state index contributed by atoms with van der Waals surface area (Å²) in [5.74, 6) is 1.89. The first-order valence-electron chi connectivity index (χ1n) is 5.89. The predicted molar refractivity (Wildman–Crippen MR) is 61.3 cm³/mol. The Hall–Kier alpha value is -0.640. The average Bonchev–Trinajstić information content (AvgIpc) is 3.12. The van der Waals surface area contributed by atoms with Gasteiger partial charge in [0.1, 0.15) is 5.82 Å². The van der Waals surface area contributed by atoms with Crippen LogP contribution in [0.3, 0.4) is 0 Å². The third-order valence-electron chi connectivity index (χ3n) is 3.93. The van der Waals surface area contributed by atoms with Crippen LogP contribution in [0.15, 0.2) is 0 Å². The second kappa shape index (κ2) is 3.17. The summed E-state index contributed by atoms with van der Waals surface area (Å²) in [5.41, 5.74) is 0.547. The molecule has 1 heterocycles. The number of nitrogens with zero attached hydrogens (tertiary/aromatic N) is 2. The summed E-state index contributed by atoms with van der Waals surface area (Å²) in [6.45, 7) is 3.37. The van der Waals surface area contributed by atoms with Gasteiger partial charge in [-0.15, -0.1) is 0 Å². The third-order valence-corrected chi connectivity index (χ3v) is 4.24. The van der Waals surface area contributed by atoms with Gasteiger partial charge in [0.05, 0.1) is 0 Å². The summed E-state index contributed by atoms with van der Waals surface area (Å²) in [7, 11) is 0. The molecule has 3 nitrogen and oxygen atoms in total. The van der Waals surface area contributed by atoms with Gasteiger partial charge in [0.25, 0.3) is 0 Å². The fourth-order valence-electron chi connectivity index (χ4n) is 2.27. The highest BCUT2D eigenvalue weighted by atomic mass is 32.1. The Bertz CT molecular complexity index is 423. The van der Waals surface area contributed by atoms with Gasteiger partial charge in [-0.1, -0.05) is 6.92 Å². The number of H-pyrrole nitrogens is 1. The molecule has 1 N–H and O–H groups in total. The molecule has 0 spiro atoms. The van der Waals surface area contributed by atoms with Crippen molar-refractivity contribution < 1.29 is 0 Å². The normalized spacial score (nSPS) is 23.0. The zero-order valence-corrected chi connectivity index (χ0v) is 9.94. The number of rotatable bonds is 4. The molecule has 3 rings (SSSR count). The van der Waals surface area contributed by atoms with Gasteiger partial charge in [0, 0.05) is 12.5 Å². The Labute approximate surface area is 94.9 Å². The van der Waals surface area contributed by atoms with E-state index in [0.29, 0.717) is 11.3 Å². The minimum Gasteiger partial charge on any atom is -0.303 e. The molecule has 0 atom stereocenters. The summed E-state index contributed by atoms with van der Waals surface area (Å²) >= 11 is 5.31. The van der Waals surface area contributed by atoms with Crippen molar-refractivity contribution in [3.63, 3.8) is 0 Å². The van der Waals surface area contributed by atoms with Crippen LogP contribution in [0.4, 0.5) is 0 Å². The fraction of sp³-hybridized carbons (Fsp3) is 0.818. The molecule has 0 aromatic carbocycles. The van der Waals surface area contributed by atoms with Crippen LogP contribution in [0, 0.1) is 10.2 Å². The molecule has 0 unspecified atom stereocenters. The maximum Gasteiger partial charge on any atom is 0.195 e. The van der Waals surface area contributed by atoms with Crippen LogP contribution >= 0.6 is 12.2 Å². The average molecular weight is 223 g/mol. The Morgan fingerprint density at radius 2 is 2.27 bits per heavy atom. The second-order valence-electron chi connectivity index (χ2n) is 5.10. The first-order valence-corrected chi connectivity index (χ1v) is 6.30. The Morgan fingerprint density at radius 3 is 2.80 bits per heavy atom. The Balaban J connectivity index is 1.89. The van der Waals surface area contributed by atoms with Crippen LogP contribution in [0.1, 0.15) is 50.8 Å². The van der Waals surface area contributed by atoms with Crippen molar-refractivity contribution in [2.75, 3.05) is 0 Å². The van der Waals surface area contributed by atoms with Gasteiger partial charge >= 0.3 is 0 Å². The number of nitrogens with one attached hydrogen (secondary N) is 1. The van der Waals surface area contributed by atoms with Gasteiger partial charge in [-0.2, -0.15) is 5.10 Å². The lowest BCUT2D eigenvalue weighted by atomic mass is 10.0. The molecule has 4 heteroatoms. The number of aromatic nitrogens is 3. The Kier molecular flexibility index (Phi) is 2.03. The quantitative estimate of drug-likeness (QED) is 0.796. The van der Waals surface area contributed by atoms with Crippen molar-refractivity contribution >= 4 is 12.2 Å². The number of hydrogen-bond donors (Lipinski definition) is 1.